The molecule has 1 heterocycles. The number of rotatable bonds is 6. The van der Waals surface area contributed by atoms with Crippen molar-refractivity contribution in [2.75, 3.05) is 10.6 Å². The molecule has 0 saturated heterocycles. The molecule has 0 atom stereocenters. The molecule has 0 fully saturated rings. The third-order valence-corrected chi connectivity index (χ3v) is 4.94. The molecule has 0 aliphatic rings. The summed E-state index contributed by atoms with van der Waals surface area (Å²) in [7, 11) is 1.73. The second-order valence-corrected chi connectivity index (χ2v) is 7.16. The number of carbonyl (C=O) groups is 2. The molecule has 33 heavy (non-hydrogen) atoms. The molecule has 9 heteroatoms. The number of carbonyl (C=O) groups excluding carboxylic acids is 2. The predicted molar refractivity (Wildman–Crippen MR) is 124 cm³/mol. The third kappa shape index (κ3) is 4.77. The van der Waals surface area contributed by atoms with Crippen LogP contribution in [0, 0.1) is 10.1 Å². The van der Waals surface area contributed by atoms with Crippen molar-refractivity contribution in [3.8, 4) is 11.3 Å². The Labute approximate surface area is 188 Å². The zero-order valence-corrected chi connectivity index (χ0v) is 17.6. The maximum Gasteiger partial charge on any atom is 0.282 e. The van der Waals surface area contributed by atoms with Crippen LogP contribution >= 0.6 is 0 Å². The van der Waals surface area contributed by atoms with Crippen molar-refractivity contribution >= 4 is 29.0 Å². The molecule has 0 spiro atoms. The molecule has 0 saturated carbocycles. The highest BCUT2D eigenvalue weighted by Gasteiger charge is 2.19. The van der Waals surface area contributed by atoms with Gasteiger partial charge in [0.05, 0.1) is 10.6 Å². The van der Waals surface area contributed by atoms with Gasteiger partial charge in [-0.05, 0) is 30.3 Å². The fraction of sp³-hybridized carbons (Fsp3) is 0.0417. The van der Waals surface area contributed by atoms with Gasteiger partial charge in [-0.1, -0.05) is 42.5 Å². The largest absolute Gasteiger partial charge is 0.322 e. The first kappa shape index (κ1) is 21.4. The maximum absolute atomic E-state index is 12.5. The first-order valence-electron chi connectivity index (χ1n) is 9.98. The molecule has 1 aromatic heterocycles. The van der Waals surface area contributed by atoms with E-state index in [1.54, 1.807) is 72.4 Å². The van der Waals surface area contributed by atoms with E-state index in [1.807, 2.05) is 6.07 Å². The fourth-order valence-corrected chi connectivity index (χ4v) is 3.25. The zero-order valence-electron chi connectivity index (χ0n) is 17.6. The van der Waals surface area contributed by atoms with E-state index in [0.29, 0.717) is 22.8 Å². The molecule has 2 N–H and O–H groups in total. The maximum atomic E-state index is 12.5. The minimum atomic E-state index is -0.590. The van der Waals surface area contributed by atoms with E-state index in [4.69, 9.17) is 0 Å². The van der Waals surface area contributed by atoms with E-state index in [1.165, 1.54) is 18.2 Å². The first-order chi connectivity index (χ1) is 15.9. The van der Waals surface area contributed by atoms with Gasteiger partial charge in [0, 0.05) is 36.0 Å². The topological polar surface area (TPSA) is 119 Å². The molecule has 2 amide bonds. The van der Waals surface area contributed by atoms with Crippen LogP contribution in [0.1, 0.15) is 20.7 Å². The number of amides is 2. The van der Waals surface area contributed by atoms with Crippen LogP contribution < -0.4 is 10.6 Å². The van der Waals surface area contributed by atoms with Crippen molar-refractivity contribution in [1.29, 1.82) is 0 Å². The summed E-state index contributed by atoms with van der Waals surface area (Å²) in [6, 6.07) is 23.3. The van der Waals surface area contributed by atoms with E-state index < -0.39 is 10.8 Å². The van der Waals surface area contributed by atoms with Crippen LogP contribution in [0.25, 0.3) is 11.3 Å². The SMILES string of the molecule is Cn1nc(-c2ccc(NC(=O)c3ccccc3[N+](=O)[O-])cc2)cc1NC(=O)c1ccccc1. The third-order valence-electron chi connectivity index (χ3n) is 4.94. The van der Waals surface area contributed by atoms with E-state index in [2.05, 4.69) is 15.7 Å². The van der Waals surface area contributed by atoms with Gasteiger partial charge in [-0.15, -0.1) is 0 Å². The number of hydrogen-bond donors (Lipinski definition) is 2. The molecule has 4 aromatic rings. The van der Waals surface area contributed by atoms with Gasteiger partial charge >= 0.3 is 0 Å². The minimum Gasteiger partial charge on any atom is -0.322 e. The van der Waals surface area contributed by atoms with Crippen molar-refractivity contribution < 1.29 is 14.5 Å². The highest BCUT2D eigenvalue weighted by molar-refractivity contribution is 6.07. The van der Waals surface area contributed by atoms with E-state index >= 15 is 0 Å². The number of anilines is 2. The number of nitro groups is 1. The predicted octanol–water partition coefficient (Wildman–Crippen LogP) is 4.50. The number of nitrogens with one attached hydrogen (secondary N) is 2. The Balaban J connectivity index is 1.48. The Morgan fingerprint density at radius 1 is 0.879 bits per heavy atom. The van der Waals surface area contributed by atoms with Gasteiger partial charge in [-0.2, -0.15) is 5.10 Å². The number of aryl methyl sites for hydroxylation is 1. The standard InChI is InChI=1S/C24H19N5O4/c1-28-22(26-23(30)17-7-3-2-4-8-17)15-20(27-28)16-11-13-18(14-12-16)25-24(31)19-9-5-6-10-21(19)29(32)33/h2-15H,1H3,(H,25,31)(H,26,30). The number of para-hydroxylation sites is 1. The summed E-state index contributed by atoms with van der Waals surface area (Å²) in [4.78, 5) is 35.5. The number of nitrogens with zero attached hydrogens (tertiary/aromatic N) is 3. The number of nitro benzene ring substituents is 1. The van der Waals surface area contributed by atoms with E-state index in [-0.39, 0.29) is 17.2 Å². The van der Waals surface area contributed by atoms with Crippen molar-refractivity contribution in [3.05, 3.63) is 106 Å². The number of benzene rings is 3. The molecule has 4 rings (SSSR count). The lowest BCUT2D eigenvalue weighted by atomic mass is 10.1. The Morgan fingerprint density at radius 2 is 1.55 bits per heavy atom. The van der Waals surface area contributed by atoms with Gasteiger partial charge in [0.2, 0.25) is 0 Å². The van der Waals surface area contributed by atoms with Gasteiger partial charge in [-0.25, -0.2) is 0 Å². The normalized spacial score (nSPS) is 10.5. The summed E-state index contributed by atoms with van der Waals surface area (Å²) in [5.41, 5.74) is 2.15. The average molecular weight is 441 g/mol. The number of aromatic nitrogens is 2. The monoisotopic (exact) mass is 441 g/mol. The van der Waals surface area contributed by atoms with Crippen LogP contribution in [0.15, 0.2) is 84.9 Å². The smallest absolute Gasteiger partial charge is 0.282 e. The number of hydrogen-bond acceptors (Lipinski definition) is 5. The zero-order chi connectivity index (χ0) is 23.4. The van der Waals surface area contributed by atoms with Crippen molar-refractivity contribution in [2.45, 2.75) is 0 Å². The van der Waals surface area contributed by atoms with Gasteiger partial charge in [0.25, 0.3) is 17.5 Å². The molecule has 3 aromatic carbocycles. The van der Waals surface area contributed by atoms with Crippen LogP contribution in [0.4, 0.5) is 17.2 Å². The molecule has 0 aliphatic carbocycles. The minimum absolute atomic E-state index is 0.0184. The molecular weight excluding hydrogens is 422 g/mol. The summed E-state index contributed by atoms with van der Waals surface area (Å²) in [5, 5.41) is 21.1. The van der Waals surface area contributed by atoms with Gasteiger partial charge in [-0.3, -0.25) is 24.4 Å². The van der Waals surface area contributed by atoms with Crippen molar-refractivity contribution in [2.24, 2.45) is 7.05 Å². The van der Waals surface area contributed by atoms with Gasteiger partial charge in [0.15, 0.2) is 0 Å². The van der Waals surface area contributed by atoms with Crippen LogP contribution in [0.2, 0.25) is 0 Å². The average Bonchev–Trinajstić information content (AvgIpc) is 3.20. The van der Waals surface area contributed by atoms with Crippen LogP contribution in [-0.2, 0) is 7.05 Å². The summed E-state index contributed by atoms with van der Waals surface area (Å²) >= 11 is 0. The van der Waals surface area contributed by atoms with E-state index in [0.717, 1.165) is 5.56 Å². The summed E-state index contributed by atoms with van der Waals surface area (Å²) in [6.45, 7) is 0. The highest BCUT2D eigenvalue weighted by Crippen LogP contribution is 2.24. The van der Waals surface area contributed by atoms with Gasteiger partial charge in [0.1, 0.15) is 11.4 Å². The first-order valence-corrected chi connectivity index (χ1v) is 9.98. The van der Waals surface area contributed by atoms with Gasteiger partial charge < -0.3 is 10.6 Å². The molecule has 9 nitrogen and oxygen atoms in total. The Morgan fingerprint density at radius 3 is 2.24 bits per heavy atom. The molecule has 0 unspecified atom stereocenters. The lowest BCUT2D eigenvalue weighted by molar-refractivity contribution is -0.385. The summed E-state index contributed by atoms with van der Waals surface area (Å²) in [5.74, 6) is -0.273. The molecule has 0 bridgehead atoms. The quantitative estimate of drug-likeness (QED) is 0.337. The van der Waals surface area contributed by atoms with E-state index in [9.17, 15) is 19.7 Å². The summed E-state index contributed by atoms with van der Waals surface area (Å²) < 4.78 is 1.57. The Bertz CT molecular complexity index is 1330. The lowest BCUT2D eigenvalue weighted by Gasteiger charge is -2.06. The van der Waals surface area contributed by atoms with Crippen LogP contribution in [-0.4, -0.2) is 26.5 Å². The molecular formula is C24H19N5O4. The highest BCUT2D eigenvalue weighted by atomic mass is 16.6. The van der Waals surface area contributed by atoms with Crippen LogP contribution in [0.3, 0.4) is 0 Å². The van der Waals surface area contributed by atoms with Crippen LogP contribution in [0.5, 0.6) is 0 Å². The second kappa shape index (κ2) is 9.15. The molecule has 0 aliphatic heterocycles. The second-order valence-electron chi connectivity index (χ2n) is 7.16. The molecule has 0 radical (unpaired) electrons. The Hall–Kier alpha value is -4.79. The lowest BCUT2D eigenvalue weighted by Crippen LogP contribution is -2.14. The molecule has 164 valence electrons. The fourth-order valence-electron chi connectivity index (χ4n) is 3.25. The van der Waals surface area contributed by atoms with Crippen molar-refractivity contribution in [3.63, 3.8) is 0 Å². The van der Waals surface area contributed by atoms with Crippen molar-refractivity contribution in [1.82, 2.24) is 9.78 Å². The summed E-state index contributed by atoms with van der Waals surface area (Å²) in [6.07, 6.45) is 0. The Kier molecular flexibility index (Phi) is 5.94.